The van der Waals surface area contributed by atoms with Gasteiger partial charge in [-0.3, -0.25) is 9.69 Å². The number of benzene rings is 1. The normalized spacial score (nSPS) is 16.2. The molecule has 1 saturated heterocycles. The summed E-state index contributed by atoms with van der Waals surface area (Å²) in [6, 6.07) is 7.19. The van der Waals surface area contributed by atoms with Gasteiger partial charge in [-0.1, -0.05) is 19.9 Å². The molecule has 1 fully saturated rings. The van der Waals surface area contributed by atoms with E-state index in [0.29, 0.717) is 11.3 Å². The highest BCUT2D eigenvalue weighted by Crippen LogP contribution is 2.27. The second kappa shape index (κ2) is 8.04. The second-order valence-electron chi connectivity index (χ2n) is 7.44. The third-order valence-corrected chi connectivity index (χ3v) is 5.07. The number of aryl methyl sites for hydroxylation is 1. The fourth-order valence-electron chi connectivity index (χ4n) is 3.50. The van der Waals surface area contributed by atoms with Crippen LogP contribution in [0.1, 0.15) is 37.8 Å². The Hall–Kier alpha value is -2.14. The van der Waals surface area contributed by atoms with E-state index in [4.69, 9.17) is 4.42 Å². The van der Waals surface area contributed by atoms with E-state index >= 15 is 0 Å². The van der Waals surface area contributed by atoms with E-state index in [2.05, 4.69) is 4.90 Å². The van der Waals surface area contributed by atoms with Gasteiger partial charge < -0.3 is 9.32 Å². The maximum absolute atomic E-state index is 14.1. The van der Waals surface area contributed by atoms with Crippen molar-refractivity contribution in [1.29, 1.82) is 0 Å². The standard InChI is InChI=1S/C21H27FN2O2/c1-15(2)21(25)24(19-5-4-16(3)20(22)12-19)18-6-9-23(10-7-18)13-17-8-11-26-14-17/h4-5,8,11-12,14-15,18H,6-7,9-10,13H2,1-3H3. The Morgan fingerprint density at radius 2 is 2.04 bits per heavy atom. The van der Waals surface area contributed by atoms with E-state index in [0.717, 1.165) is 32.5 Å². The van der Waals surface area contributed by atoms with Crippen LogP contribution in [0.15, 0.2) is 41.2 Å². The number of hydrogen-bond acceptors (Lipinski definition) is 3. The number of amides is 1. The van der Waals surface area contributed by atoms with Crippen LogP contribution in [0.3, 0.4) is 0 Å². The minimum Gasteiger partial charge on any atom is -0.472 e. The molecule has 0 aliphatic carbocycles. The lowest BCUT2D eigenvalue weighted by Crippen LogP contribution is -2.48. The molecule has 0 bridgehead atoms. The maximum atomic E-state index is 14.1. The quantitative estimate of drug-likeness (QED) is 0.796. The number of hydrogen-bond donors (Lipinski definition) is 0. The predicted octanol–water partition coefficient (Wildman–Crippen LogP) is 4.38. The summed E-state index contributed by atoms with van der Waals surface area (Å²) < 4.78 is 19.2. The minimum atomic E-state index is -0.263. The van der Waals surface area contributed by atoms with Gasteiger partial charge in [0.15, 0.2) is 0 Å². The molecule has 1 amide bonds. The number of rotatable bonds is 5. The van der Waals surface area contributed by atoms with Crippen molar-refractivity contribution >= 4 is 11.6 Å². The lowest BCUT2D eigenvalue weighted by molar-refractivity contribution is -0.122. The first kappa shape index (κ1) is 18.6. The molecule has 26 heavy (non-hydrogen) atoms. The number of likely N-dealkylation sites (tertiary alicyclic amines) is 1. The molecule has 0 saturated carbocycles. The average molecular weight is 358 g/mol. The maximum Gasteiger partial charge on any atom is 0.229 e. The number of furan rings is 1. The molecule has 0 atom stereocenters. The van der Waals surface area contributed by atoms with Crippen molar-refractivity contribution in [1.82, 2.24) is 4.90 Å². The van der Waals surface area contributed by atoms with Crippen LogP contribution >= 0.6 is 0 Å². The lowest BCUT2D eigenvalue weighted by atomic mass is 9.99. The van der Waals surface area contributed by atoms with Crippen molar-refractivity contribution in [3.8, 4) is 0 Å². The Morgan fingerprint density at radius 1 is 1.31 bits per heavy atom. The zero-order chi connectivity index (χ0) is 18.7. The topological polar surface area (TPSA) is 36.7 Å². The molecule has 0 N–H and O–H groups in total. The van der Waals surface area contributed by atoms with Gasteiger partial charge in [-0.25, -0.2) is 4.39 Å². The van der Waals surface area contributed by atoms with Crippen molar-refractivity contribution in [2.24, 2.45) is 5.92 Å². The van der Waals surface area contributed by atoms with Crippen molar-refractivity contribution in [3.05, 3.63) is 53.7 Å². The highest BCUT2D eigenvalue weighted by Gasteiger charge is 2.30. The number of halogens is 1. The van der Waals surface area contributed by atoms with Gasteiger partial charge >= 0.3 is 0 Å². The lowest BCUT2D eigenvalue weighted by Gasteiger charge is -2.39. The molecule has 140 valence electrons. The van der Waals surface area contributed by atoms with Crippen LogP contribution in [0.2, 0.25) is 0 Å². The molecule has 0 unspecified atom stereocenters. The van der Waals surface area contributed by atoms with Crippen LogP contribution < -0.4 is 4.90 Å². The molecule has 4 nitrogen and oxygen atoms in total. The molecular weight excluding hydrogens is 331 g/mol. The fraction of sp³-hybridized carbons (Fsp3) is 0.476. The first-order valence-corrected chi connectivity index (χ1v) is 9.28. The molecule has 1 aromatic carbocycles. The SMILES string of the molecule is Cc1ccc(N(C(=O)C(C)C)C2CCN(Cc3ccoc3)CC2)cc1F. The third kappa shape index (κ3) is 4.15. The number of nitrogens with zero attached hydrogens (tertiary/aromatic N) is 2. The average Bonchev–Trinajstić information content (AvgIpc) is 3.12. The molecular formula is C21H27FN2O2. The monoisotopic (exact) mass is 358 g/mol. The van der Waals surface area contributed by atoms with Crippen molar-refractivity contribution in [2.75, 3.05) is 18.0 Å². The van der Waals surface area contributed by atoms with E-state index < -0.39 is 0 Å². The predicted molar refractivity (Wildman–Crippen MR) is 100 cm³/mol. The van der Waals surface area contributed by atoms with Gasteiger partial charge in [0, 0.05) is 42.8 Å². The van der Waals surface area contributed by atoms with Crippen LogP contribution in [0.5, 0.6) is 0 Å². The number of carbonyl (C=O) groups is 1. The first-order valence-electron chi connectivity index (χ1n) is 9.28. The second-order valence-corrected chi connectivity index (χ2v) is 7.44. The van der Waals surface area contributed by atoms with Gasteiger partial charge in [-0.05, 0) is 43.5 Å². The summed E-state index contributed by atoms with van der Waals surface area (Å²) in [6.07, 6.45) is 5.23. The summed E-state index contributed by atoms with van der Waals surface area (Å²) in [5, 5.41) is 0. The largest absolute Gasteiger partial charge is 0.472 e. The number of anilines is 1. The Kier molecular flexibility index (Phi) is 5.77. The zero-order valence-electron chi connectivity index (χ0n) is 15.7. The highest BCUT2D eigenvalue weighted by atomic mass is 19.1. The molecule has 0 radical (unpaired) electrons. The summed E-state index contributed by atoms with van der Waals surface area (Å²) in [5.41, 5.74) is 2.43. The minimum absolute atomic E-state index is 0.0570. The fourth-order valence-corrected chi connectivity index (χ4v) is 3.50. The molecule has 2 heterocycles. The molecule has 5 heteroatoms. The van der Waals surface area contributed by atoms with Gasteiger partial charge in [0.05, 0.1) is 12.5 Å². The van der Waals surface area contributed by atoms with E-state index in [9.17, 15) is 9.18 Å². The molecule has 2 aromatic rings. The van der Waals surface area contributed by atoms with Crippen LogP contribution in [-0.2, 0) is 11.3 Å². The van der Waals surface area contributed by atoms with E-state index in [1.807, 2.05) is 30.9 Å². The van der Waals surface area contributed by atoms with Crippen LogP contribution in [0.25, 0.3) is 0 Å². The van der Waals surface area contributed by atoms with Crippen molar-refractivity contribution < 1.29 is 13.6 Å². The Labute approximate surface area is 154 Å². The summed E-state index contributed by atoms with van der Waals surface area (Å²) in [4.78, 5) is 17.0. The van der Waals surface area contributed by atoms with E-state index in [1.165, 1.54) is 11.6 Å². The molecule has 1 aliphatic rings. The first-order chi connectivity index (χ1) is 12.5. The Bertz CT molecular complexity index is 734. The van der Waals surface area contributed by atoms with Crippen molar-refractivity contribution in [3.63, 3.8) is 0 Å². The van der Waals surface area contributed by atoms with Gasteiger partial charge in [0.2, 0.25) is 5.91 Å². The number of piperidine rings is 1. The third-order valence-electron chi connectivity index (χ3n) is 5.07. The molecule has 1 aliphatic heterocycles. The molecule has 3 rings (SSSR count). The van der Waals surface area contributed by atoms with Crippen LogP contribution in [0.4, 0.5) is 10.1 Å². The van der Waals surface area contributed by atoms with E-state index in [-0.39, 0.29) is 23.7 Å². The zero-order valence-corrected chi connectivity index (χ0v) is 15.7. The Balaban J connectivity index is 1.73. The van der Waals surface area contributed by atoms with Gasteiger partial charge in [-0.15, -0.1) is 0 Å². The summed E-state index contributed by atoms with van der Waals surface area (Å²) >= 11 is 0. The Morgan fingerprint density at radius 3 is 2.62 bits per heavy atom. The number of carbonyl (C=O) groups excluding carboxylic acids is 1. The molecule has 0 spiro atoms. The summed E-state index contributed by atoms with van der Waals surface area (Å²) in [5.74, 6) is -0.327. The summed E-state index contributed by atoms with van der Waals surface area (Å²) in [7, 11) is 0. The van der Waals surface area contributed by atoms with Crippen molar-refractivity contribution in [2.45, 2.75) is 46.2 Å². The molecule has 1 aromatic heterocycles. The van der Waals surface area contributed by atoms with Crippen LogP contribution in [-0.4, -0.2) is 29.9 Å². The van der Waals surface area contributed by atoms with Gasteiger partial charge in [0.1, 0.15) is 5.82 Å². The highest BCUT2D eigenvalue weighted by molar-refractivity contribution is 5.95. The van der Waals surface area contributed by atoms with Gasteiger partial charge in [-0.2, -0.15) is 0 Å². The van der Waals surface area contributed by atoms with Crippen LogP contribution in [0, 0.1) is 18.7 Å². The van der Waals surface area contributed by atoms with E-state index in [1.54, 1.807) is 25.5 Å². The summed E-state index contributed by atoms with van der Waals surface area (Å²) in [6.45, 7) is 8.21. The smallest absolute Gasteiger partial charge is 0.229 e. The van der Waals surface area contributed by atoms with Gasteiger partial charge in [0.25, 0.3) is 0 Å².